The number of hydrogen-bond donors (Lipinski definition) is 1. The molecule has 0 saturated carbocycles. The summed E-state index contributed by atoms with van der Waals surface area (Å²) < 4.78 is 13.6. The molecule has 1 fully saturated rings. The second kappa shape index (κ2) is 6.68. The summed E-state index contributed by atoms with van der Waals surface area (Å²) >= 11 is 0. The first-order valence-electron chi connectivity index (χ1n) is 7.43. The average molecular weight is 285 g/mol. The molecule has 0 radical (unpaired) electrons. The van der Waals surface area contributed by atoms with Crippen molar-refractivity contribution in [1.29, 1.82) is 0 Å². The summed E-state index contributed by atoms with van der Waals surface area (Å²) in [5.41, 5.74) is 1.91. The third kappa shape index (κ3) is 3.79. The van der Waals surface area contributed by atoms with E-state index in [4.69, 9.17) is 0 Å². The number of pyridine rings is 1. The number of para-hydroxylation sites is 1. The number of likely N-dealkylation sites (tertiary alicyclic amines) is 1. The van der Waals surface area contributed by atoms with E-state index in [0.717, 1.165) is 32.5 Å². The second-order valence-electron chi connectivity index (χ2n) is 5.53. The molecule has 1 saturated heterocycles. The molecule has 2 aromatic rings. The van der Waals surface area contributed by atoms with Gasteiger partial charge in [-0.2, -0.15) is 0 Å². The van der Waals surface area contributed by atoms with Gasteiger partial charge in [-0.15, -0.1) is 0 Å². The average Bonchev–Trinajstić information content (AvgIpc) is 2.52. The maximum Gasteiger partial charge on any atom is 0.146 e. The fourth-order valence-corrected chi connectivity index (χ4v) is 2.78. The standard InChI is InChI=1S/C17H20FN3/c18-16-3-1-2-4-17(16)20-15-7-11-21(12-8-15)13-14-5-9-19-10-6-14/h1-6,9-10,15,20H,7-8,11-13H2. The number of anilines is 1. The summed E-state index contributed by atoms with van der Waals surface area (Å²) in [4.78, 5) is 6.48. The lowest BCUT2D eigenvalue weighted by Crippen LogP contribution is -2.38. The van der Waals surface area contributed by atoms with Crippen molar-refractivity contribution in [2.24, 2.45) is 0 Å². The Hall–Kier alpha value is -1.94. The number of aromatic nitrogens is 1. The van der Waals surface area contributed by atoms with Crippen LogP contribution in [-0.2, 0) is 6.54 Å². The monoisotopic (exact) mass is 285 g/mol. The summed E-state index contributed by atoms with van der Waals surface area (Å²) in [6.45, 7) is 3.04. The van der Waals surface area contributed by atoms with Gasteiger partial charge in [0.15, 0.2) is 0 Å². The van der Waals surface area contributed by atoms with Crippen LogP contribution in [0.4, 0.5) is 10.1 Å². The van der Waals surface area contributed by atoms with Gasteiger partial charge in [0, 0.05) is 38.1 Å². The van der Waals surface area contributed by atoms with E-state index in [1.54, 1.807) is 12.1 Å². The third-order valence-corrected chi connectivity index (χ3v) is 3.98. The number of halogens is 1. The highest BCUT2D eigenvalue weighted by molar-refractivity contribution is 5.45. The SMILES string of the molecule is Fc1ccccc1NC1CCN(Cc2ccncc2)CC1. The topological polar surface area (TPSA) is 28.2 Å². The van der Waals surface area contributed by atoms with Gasteiger partial charge in [0.05, 0.1) is 5.69 Å². The fourth-order valence-electron chi connectivity index (χ4n) is 2.78. The molecular formula is C17H20FN3. The van der Waals surface area contributed by atoms with Crippen molar-refractivity contribution < 1.29 is 4.39 Å². The molecule has 4 heteroatoms. The van der Waals surface area contributed by atoms with Crippen LogP contribution in [0.1, 0.15) is 18.4 Å². The summed E-state index contributed by atoms with van der Waals surface area (Å²) in [6.07, 6.45) is 5.75. The highest BCUT2D eigenvalue weighted by Gasteiger charge is 2.19. The van der Waals surface area contributed by atoms with Crippen molar-refractivity contribution in [3.8, 4) is 0 Å². The molecule has 1 N–H and O–H groups in total. The van der Waals surface area contributed by atoms with Gasteiger partial charge < -0.3 is 5.32 Å². The van der Waals surface area contributed by atoms with Crippen LogP contribution in [0.3, 0.4) is 0 Å². The highest BCUT2D eigenvalue weighted by atomic mass is 19.1. The first-order valence-corrected chi connectivity index (χ1v) is 7.43. The number of nitrogens with one attached hydrogen (secondary N) is 1. The lowest BCUT2D eigenvalue weighted by molar-refractivity contribution is 0.211. The fraction of sp³-hybridized carbons (Fsp3) is 0.353. The minimum absolute atomic E-state index is 0.170. The van der Waals surface area contributed by atoms with Crippen LogP contribution >= 0.6 is 0 Å². The van der Waals surface area contributed by atoms with Crippen molar-refractivity contribution in [3.05, 3.63) is 60.2 Å². The Morgan fingerprint density at radius 3 is 2.52 bits per heavy atom. The van der Waals surface area contributed by atoms with Gasteiger partial charge in [0.1, 0.15) is 5.82 Å². The van der Waals surface area contributed by atoms with Crippen LogP contribution in [0.15, 0.2) is 48.8 Å². The maximum absolute atomic E-state index is 13.6. The zero-order valence-electron chi connectivity index (χ0n) is 12.0. The summed E-state index contributed by atoms with van der Waals surface area (Å²) in [5.74, 6) is -0.170. The van der Waals surface area contributed by atoms with Gasteiger partial charge in [-0.25, -0.2) is 4.39 Å². The molecule has 1 aromatic heterocycles. The Bertz CT molecular complexity index is 565. The Labute approximate surface area is 124 Å². The molecule has 110 valence electrons. The first kappa shape index (κ1) is 14.0. The van der Waals surface area contributed by atoms with E-state index < -0.39 is 0 Å². The first-order chi connectivity index (χ1) is 10.3. The van der Waals surface area contributed by atoms with Crippen molar-refractivity contribution in [3.63, 3.8) is 0 Å². The van der Waals surface area contributed by atoms with Gasteiger partial charge in [-0.1, -0.05) is 12.1 Å². The van der Waals surface area contributed by atoms with Crippen LogP contribution in [-0.4, -0.2) is 29.0 Å². The van der Waals surface area contributed by atoms with Gasteiger partial charge in [-0.05, 0) is 42.7 Å². The molecule has 0 atom stereocenters. The Morgan fingerprint density at radius 2 is 1.81 bits per heavy atom. The lowest BCUT2D eigenvalue weighted by Gasteiger charge is -2.32. The van der Waals surface area contributed by atoms with E-state index in [1.165, 1.54) is 11.6 Å². The van der Waals surface area contributed by atoms with E-state index in [2.05, 4.69) is 27.3 Å². The van der Waals surface area contributed by atoms with Crippen LogP contribution in [0.25, 0.3) is 0 Å². The maximum atomic E-state index is 13.6. The number of hydrogen-bond acceptors (Lipinski definition) is 3. The molecule has 0 amide bonds. The predicted octanol–water partition coefficient (Wildman–Crippen LogP) is 3.30. The van der Waals surface area contributed by atoms with Crippen LogP contribution < -0.4 is 5.32 Å². The van der Waals surface area contributed by atoms with E-state index in [-0.39, 0.29) is 5.82 Å². The molecule has 1 aliphatic rings. The number of nitrogens with zero attached hydrogens (tertiary/aromatic N) is 2. The largest absolute Gasteiger partial charge is 0.380 e. The Kier molecular flexibility index (Phi) is 4.46. The van der Waals surface area contributed by atoms with Gasteiger partial charge in [-0.3, -0.25) is 9.88 Å². The minimum atomic E-state index is -0.170. The number of piperidine rings is 1. The number of rotatable bonds is 4. The normalized spacial score (nSPS) is 16.8. The molecule has 1 aliphatic heterocycles. The van der Waals surface area contributed by atoms with Crippen LogP contribution in [0.2, 0.25) is 0 Å². The van der Waals surface area contributed by atoms with Gasteiger partial charge in [0.25, 0.3) is 0 Å². The Morgan fingerprint density at radius 1 is 1.10 bits per heavy atom. The zero-order valence-corrected chi connectivity index (χ0v) is 12.0. The van der Waals surface area contributed by atoms with E-state index in [0.29, 0.717) is 11.7 Å². The summed E-state index contributed by atoms with van der Waals surface area (Å²) in [6, 6.07) is 11.4. The predicted molar refractivity (Wildman–Crippen MR) is 82.6 cm³/mol. The molecule has 21 heavy (non-hydrogen) atoms. The van der Waals surface area contributed by atoms with E-state index in [9.17, 15) is 4.39 Å². The molecule has 0 bridgehead atoms. The zero-order chi connectivity index (χ0) is 14.5. The third-order valence-electron chi connectivity index (χ3n) is 3.98. The van der Waals surface area contributed by atoms with Crippen LogP contribution in [0, 0.1) is 5.82 Å². The van der Waals surface area contributed by atoms with E-state index >= 15 is 0 Å². The molecule has 1 aromatic carbocycles. The quantitative estimate of drug-likeness (QED) is 0.934. The van der Waals surface area contributed by atoms with Crippen molar-refractivity contribution in [2.75, 3.05) is 18.4 Å². The molecule has 3 rings (SSSR count). The van der Waals surface area contributed by atoms with Crippen molar-refractivity contribution in [1.82, 2.24) is 9.88 Å². The smallest absolute Gasteiger partial charge is 0.146 e. The molecule has 0 aliphatic carbocycles. The van der Waals surface area contributed by atoms with Gasteiger partial charge >= 0.3 is 0 Å². The summed E-state index contributed by atoms with van der Waals surface area (Å²) in [5, 5.41) is 3.32. The molecule has 0 spiro atoms. The van der Waals surface area contributed by atoms with Gasteiger partial charge in [0.2, 0.25) is 0 Å². The number of benzene rings is 1. The molecule has 2 heterocycles. The van der Waals surface area contributed by atoms with E-state index in [1.807, 2.05) is 18.5 Å². The van der Waals surface area contributed by atoms with Crippen molar-refractivity contribution in [2.45, 2.75) is 25.4 Å². The second-order valence-corrected chi connectivity index (χ2v) is 5.53. The van der Waals surface area contributed by atoms with Crippen LogP contribution in [0.5, 0.6) is 0 Å². The molecular weight excluding hydrogens is 265 g/mol. The lowest BCUT2D eigenvalue weighted by atomic mass is 10.0. The highest BCUT2D eigenvalue weighted by Crippen LogP contribution is 2.20. The molecule has 3 nitrogen and oxygen atoms in total. The minimum Gasteiger partial charge on any atom is -0.380 e. The Balaban J connectivity index is 1.50. The summed E-state index contributed by atoms with van der Waals surface area (Å²) in [7, 11) is 0. The molecule has 0 unspecified atom stereocenters. The van der Waals surface area contributed by atoms with Crippen molar-refractivity contribution >= 4 is 5.69 Å².